The minimum Gasteiger partial charge on any atom is -0.231 e. The van der Waals surface area contributed by atoms with E-state index in [-0.39, 0.29) is 0 Å². The molecule has 0 aliphatic heterocycles. The lowest BCUT2D eigenvalue weighted by molar-refractivity contribution is -0.137. The van der Waals surface area contributed by atoms with Crippen molar-refractivity contribution in [2.75, 3.05) is 0 Å². The predicted octanol–water partition coefficient (Wildman–Crippen LogP) is 6.83. The first-order chi connectivity index (χ1) is 13.4. The van der Waals surface area contributed by atoms with E-state index in [1.807, 2.05) is 60.7 Å². The van der Waals surface area contributed by atoms with Crippen molar-refractivity contribution in [2.24, 2.45) is 0 Å². The van der Waals surface area contributed by atoms with E-state index in [9.17, 15) is 13.2 Å². The van der Waals surface area contributed by atoms with Gasteiger partial charge >= 0.3 is 6.18 Å². The molecule has 0 unspecified atom stereocenters. The summed E-state index contributed by atoms with van der Waals surface area (Å²) in [5.41, 5.74) is 3.44. The minimum absolute atomic E-state index is 0.576. The Labute approximate surface area is 173 Å². The minimum atomic E-state index is -4.37. The van der Waals surface area contributed by atoms with Crippen molar-refractivity contribution < 1.29 is 13.2 Å². The average Bonchev–Trinajstić information content (AvgIpc) is 3.06. The van der Waals surface area contributed by atoms with Crippen LogP contribution in [0.1, 0.15) is 5.56 Å². The Morgan fingerprint density at radius 2 is 1.25 bits per heavy atom. The average molecular weight is 490 g/mol. The number of nitrogens with zero attached hydrogens (tertiary/aromatic N) is 2. The van der Waals surface area contributed by atoms with Crippen molar-refractivity contribution >= 4 is 22.6 Å². The fourth-order valence-corrected chi connectivity index (χ4v) is 3.96. The number of aromatic nitrogens is 2. The molecule has 0 radical (unpaired) electrons. The van der Waals surface area contributed by atoms with Gasteiger partial charge in [-0.3, -0.25) is 0 Å². The molecule has 28 heavy (non-hydrogen) atoms. The monoisotopic (exact) mass is 490 g/mol. The third-order valence-corrected chi connectivity index (χ3v) is 5.38. The smallest absolute Gasteiger partial charge is 0.231 e. The van der Waals surface area contributed by atoms with E-state index >= 15 is 0 Å². The Balaban J connectivity index is 1.91. The van der Waals surface area contributed by atoms with E-state index in [2.05, 4.69) is 22.6 Å². The third-order valence-electron chi connectivity index (χ3n) is 4.36. The topological polar surface area (TPSA) is 17.8 Å². The lowest BCUT2D eigenvalue weighted by Crippen LogP contribution is -2.06. The van der Waals surface area contributed by atoms with Gasteiger partial charge in [-0.1, -0.05) is 60.7 Å². The van der Waals surface area contributed by atoms with Gasteiger partial charge in [-0.05, 0) is 46.9 Å². The Bertz CT molecular complexity index is 1090. The highest BCUT2D eigenvalue weighted by Gasteiger charge is 2.30. The van der Waals surface area contributed by atoms with Gasteiger partial charge in [-0.15, -0.1) is 0 Å². The molecule has 2 nitrogen and oxygen atoms in total. The summed E-state index contributed by atoms with van der Waals surface area (Å²) in [4.78, 5) is 0. The van der Waals surface area contributed by atoms with E-state index in [0.29, 0.717) is 5.69 Å². The van der Waals surface area contributed by atoms with E-state index in [1.54, 1.807) is 4.68 Å². The standard InChI is InChI=1S/C22H14F3IN2/c23-22(24,25)17-11-13-18(14-12-17)28-21(16-9-5-2-6-10-16)19(26)20(27-28)15-7-3-1-4-8-15/h1-14H. The van der Waals surface area contributed by atoms with Gasteiger partial charge in [-0.2, -0.15) is 18.3 Å². The second kappa shape index (κ2) is 7.43. The quantitative estimate of drug-likeness (QED) is 0.288. The Morgan fingerprint density at radius 3 is 1.79 bits per heavy atom. The van der Waals surface area contributed by atoms with Crippen LogP contribution in [-0.2, 0) is 6.18 Å². The first-order valence-electron chi connectivity index (χ1n) is 8.52. The highest BCUT2D eigenvalue weighted by molar-refractivity contribution is 14.1. The van der Waals surface area contributed by atoms with E-state index < -0.39 is 11.7 Å². The summed E-state index contributed by atoms with van der Waals surface area (Å²) in [5, 5.41) is 4.75. The largest absolute Gasteiger partial charge is 0.416 e. The summed E-state index contributed by atoms with van der Waals surface area (Å²) >= 11 is 2.25. The zero-order valence-electron chi connectivity index (χ0n) is 14.5. The highest BCUT2D eigenvalue weighted by Crippen LogP contribution is 2.36. The molecule has 0 aliphatic carbocycles. The van der Waals surface area contributed by atoms with Crippen LogP contribution >= 0.6 is 22.6 Å². The second-order valence-electron chi connectivity index (χ2n) is 6.20. The van der Waals surface area contributed by atoms with Crippen molar-refractivity contribution in [3.63, 3.8) is 0 Å². The molecule has 0 N–H and O–H groups in total. The van der Waals surface area contributed by atoms with Crippen molar-refractivity contribution in [1.82, 2.24) is 9.78 Å². The van der Waals surface area contributed by atoms with Gasteiger partial charge < -0.3 is 0 Å². The van der Waals surface area contributed by atoms with Crippen LogP contribution < -0.4 is 0 Å². The maximum absolute atomic E-state index is 12.9. The molecule has 1 aromatic heterocycles. The van der Waals surface area contributed by atoms with Crippen LogP contribution in [0.2, 0.25) is 0 Å². The van der Waals surface area contributed by atoms with Crippen molar-refractivity contribution in [3.8, 4) is 28.2 Å². The van der Waals surface area contributed by atoms with E-state index in [1.165, 1.54) is 12.1 Å². The van der Waals surface area contributed by atoms with Crippen LogP contribution in [0.25, 0.3) is 28.2 Å². The number of hydrogen-bond acceptors (Lipinski definition) is 1. The maximum atomic E-state index is 12.9. The van der Waals surface area contributed by atoms with Gasteiger partial charge in [0.15, 0.2) is 0 Å². The van der Waals surface area contributed by atoms with Crippen molar-refractivity contribution in [1.29, 1.82) is 0 Å². The van der Waals surface area contributed by atoms with E-state index in [0.717, 1.165) is 38.2 Å². The molecule has 0 saturated carbocycles. The normalized spacial score (nSPS) is 11.6. The van der Waals surface area contributed by atoms with Gasteiger partial charge in [0, 0.05) is 11.1 Å². The van der Waals surface area contributed by atoms with Gasteiger partial charge in [0.05, 0.1) is 20.5 Å². The zero-order valence-corrected chi connectivity index (χ0v) is 16.6. The van der Waals surface area contributed by atoms with Crippen LogP contribution in [0.4, 0.5) is 13.2 Å². The molecule has 1 heterocycles. The number of halogens is 4. The predicted molar refractivity (Wildman–Crippen MR) is 112 cm³/mol. The summed E-state index contributed by atoms with van der Waals surface area (Å²) in [5.74, 6) is 0. The second-order valence-corrected chi connectivity index (χ2v) is 7.28. The summed E-state index contributed by atoms with van der Waals surface area (Å²) in [6.07, 6.45) is -4.37. The molecule has 0 saturated heterocycles. The lowest BCUT2D eigenvalue weighted by atomic mass is 10.1. The Kier molecular flexibility index (Phi) is 4.97. The van der Waals surface area contributed by atoms with Gasteiger partial charge in [0.25, 0.3) is 0 Å². The summed E-state index contributed by atoms with van der Waals surface area (Å²) < 4.78 is 41.4. The van der Waals surface area contributed by atoms with Gasteiger partial charge in [0.1, 0.15) is 5.69 Å². The highest BCUT2D eigenvalue weighted by atomic mass is 127. The van der Waals surface area contributed by atoms with Crippen molar-refractivity contribution in [2.45, 2.75) is 6.18 Å². The number of hydrogen-bond donors (Lipinski definition) is 0. The number of benzene rings is 3. The first-order valence-corrected chi connectivity index (χ1v) is 9.60. The van der Waals surface area contributed by atoms with Crippen LogP contribution in [0.15, 0.2) is 84.9 Å². The molecule has 0 spiro atoms. The number of rotatable bonds is 3. The summed E-state index contributed by atoms with van der Waals surface area (Å²) in [7, 11) is 0. The fourth-order valence-electron chi connectivity index (χ4n) is 3.00. The van der Waals surface area contributed by atoms with Crippen LogP contribution in [0.5, 0.6) is 0 Å². The zero-order chi connectivity index (χ0) is 19.7. The molecule has 0 fully saturated rings. The van der Waals surface area contributed by atoms with Crippen LogP contribution in [0, 0.1) is 3.57 Å². The van der Waals surface area contributed by atoms with Gasteiger partial charge in [0.2, 0.25) is 0 Å². The summed E-state index contributed by atoms with van der Waals surface area (Å²) in [6, 6.07) is 24.5. The fraction of sp³-hybridized carbons (Fsp3) is 0.0455. The van der Waals surface area contributed by atoms with Gasteiger partial charge in [-0.25, -0.2) is 4.68 Å². The molecule has 4 rings (SSSR count). The summed E-state index contributed by atoms with van der Waals surface area (Å²) in [6.45, 7) is 0. The molecular formula is C22H14F3IN2. The molecular weight excluding hydrogens is 476 g/mol. The molecule has 0 atom stereocenters. The Morgan fingerprint density at radius 1 is 0.714 bits per heavy atom. The molecule has 6 heteroatoms. The third kappa shape index (κ3) is 3.56. The van der Waals surface area contributed by atoms with Crippen LogP contribution in [0.3, 0.4) is 0 Å². The molecule has 0 bridgehead atoms. The first kappa shape index (κ1) is 18.7. The number of alkyl halides is 3. The molecule has 3 aromatic carbocycles. The molecule has 0 amide bonds. The maximum Gasteiger partial charge on any atom is 0.416 e. The van der Waals surface area contributed by atoms with Crippen LogP contribution in [-0.4, -0.2) is 9.78 Å². The van der Waals surface area contributed by atoms with Crippen molar-refractivity contribution in [3.05, 3.63) is 94.1 Å². The van der Waals surface area contributed by atoms with E-state index in [4.69, 9.17) is 5.10 Å². The Hall–Kier alpha value is -2.61. The molecule has 140 valence electrons. The SMILES string of the molecule is FC(F)(F)c1ccc(-n2nc(-c3ccccc3)c(I)c2-c2ccccc2)cc1. The molecule has 4 aromatic rings. The molecule has 0 aliphatic rings. The lowest BCUT2D eigenvalue weighted by Gasteiger charge is -2.10.